The molecule has 0 saturated carbocycles. The van der Waals surface area contributed by atoms with Gasteiger partial charge < -0.3 is 5.11 Å². The zero-order valence-corrected chi connectivity index (χ0v) is 8.11. The Hall–Kier alpha value is -0.810. The summed E-state index contributed by atoms with van der Waals surface area (Å²) >= 11 is 5.23. The Morgan fingerprint density at radius 3 is 2.40 bits per heavy atom. The van der Waals surface area contributed by atoms with Gasteiger partial charge in [0.2, 0.25) is 0 Å². The van der Waals surface area contributed by atoms with Crippen LogP contribution in [0.4, 0.5) is 17.6 Å². The highest BCUT2D eigenvalue weighted by Crippen LogP contribution is 2.33. The number of aliphatic hydroxyl groups is 1. The second-order valence-corrected chi connectivity index (χ2v) is 3.19. The second-order valence-electron chi connectivity index (χ2n) is 2.88. The number of hydrogen-bond acceptors (Lipinski definition) is 1. The lowest BCUT2D eigenvalue weighted by molar-refractivity contribution is -0.140. The highest BCUT2D eigenvalue weighted by molar-refractivity contribution is 6.18. The Morgan fingerprint density at radius 1 is 1.33 bits per heavy atom. The van der Waals surface area contributed by atoms with Crippen LogP contribution in [0.15, 0.2) is 18.2 Å². The number of aliphatic hydroxyl groups excluding tert-OH is 1. The van der Waals surface area contributed by atoms with E-state index < -0.39 is 29.2 Å². The van der Waals surface area contributed by atoms with Crippen molar-refractivity contribution in [2.45, 2.75) is 12.3 Å². The summed E-state index contributed by atoms with van der Waals surface area (Å²) in [7, 11) is 0. The fourth-order valence-electron chi connectivity index (χ4n) is 1.11. The van der Waals surface area contributed by atoms with Gasteiger partial charge in [0.1, 0.15) is 5.82 Å². The first-order valence-electron chi connectivity index (χ1n) is 3.97. The third kappa shape index (κ3) is 2.60. The molecule has 1 N–H and O–H groups in total. The van der Waals surface area contributed by atoms with Crippen molar-refractivity contribution < 1.29 is 22.7 Å². The third-order valence-electron chi connectivity index (χ3n) is 1.84. The quantitative estimate of drug-likeness (QED) is 0.624. The van der Waals surface area contributed by atoms with Crippen LogP contribution in [0.3, 0.4) is 0 Å². The van der Waals surface area contributed by atoms with E-state index in [0.29, 0.717) is 6.07 Å². The maximum atomic E-state index is 13.3. The molecule has 0 fully saturated rings. The highest BCUT2D eigenvalue weighted by atomic mass is 35.5. The van der Waals surface area contributed by atoms with Crippen LogP contribution in [0.5, 0.6) is 0 Å². The molecule has 84 valence electrons. The molecule has 1 nitrogen and oxygen atoms in total. The number of hydrogen-bond donors (Lipinski definition) is 1. The lowest BCUT2D eigenvalue weighted by Crippen LogP contribution is -2.12. The zero-order valence-electron chi connectivity index (χ0n) is 7.35. The second kappa shape index (κ2) is 4.37. The molecule has 0 saturated heterocycles. The van der Waals surface area contributed by atoms with E-state index in [-0.39, 0.29) is 5.88 Å². The van der Waals surface area contributed by atoms with Gasteiger partial charge in [0, 0.05) is 5.56 Å². The summed E-state index contributed by atoms with van der Waals surface area (Å²) in [5.41, 5.74) is -1.84. The maximum Gasteiger partial charge on any atom is 0.419 e. The van der Waals surface area contributed by atoms with E-state index in [1.165, 1.54) is 0 Å². The first kappa shape index (κ1) is 12.3. The molecule has 15 heavy (non-hydrogen) atoms. The first-order valence-corrected chi connectivity index (χ1v) is 4.51. The highest BCUT2D eigenvalue weighted by Gasteiger charge is 2.35. The van der Waals surface area contributed by atoms with Crippen molar-refractivity contribution in [2.75, 3.05) is 5.88 Å². The van der Waals surface area contributed by atoms with E-state index in [4.69, 9.17) is 16.7 Å². The van der Waals surface area contributed by atoms with Crippen LogP contribution in [-0.4, -0.2) is 11.0 Å². The molecule has 0 aliphatic rings. The van der Waals surface area contributed by atoms with Crippen molar-refractivity contribution >= 4 is 11.6 Å². The molecular formula is C9H7ClF4O. The zero-order chi connectivity index (χ0) is 11.6. The number of benzene rings is 1. The van der Waals surface area contributed by atoms with Gasteiger partial charge in [-0.05, 0) is 6.07 Å². The summed E-state index contributed by atoms with van der Waals surface area (Å²) in [5, 5.41) is 9.16. The molecule has 1 aromatic rings. The topological polar surface area (TPSA) is 20.2 Å². The van der Waals surface area contributed by atoms with Crippen LogP contribution in [0.2, 0.25) is 0 Å². The number of rotatable bonds is 2. The van der Waals surface area contributed by atoms with Gasteiger partial charge >= 0.3 is 6.18 Å². The molecule has 0 bridgehead atoms. The molecule has 0 aliphatic heterocycles. The van der Waals surface area contributed by atoms with Gasteiger partial charge in [0.15, 0.2) is 0 Å². The van der Waals surface area contributed by atoms with E-state index in [9.17, 15) is 17.6 Å². The van der Waals surface area contributed by atoms with Crippen LogP contribution in [0.25, 0.3) is 0 Å². The normalized spacial score (nSPS) is 14.0. The summed E-state index contributed by atoms with van der Waals surface area (Å²) in [6, 6.07) is 2.70. The van der Waals surface area contributed by atoms with E-state index in [1.54, 1.807) is 0 Å². The summed E-state index contributed by atoms with van der Waals surface area (Å²) < 4.78 is 50.0. The predicted octanol–water partition coefficient (Wildman–Crippen LogP) is 3.12. The van der Waals surface area contributed by atoms with Crippen molar-refractivity contribution in [1.29, 1.82) is 0 Å². The van der Waals surface area contributed by atoms with Gasteiger partial charge in [0.25, 0.3) is 0 Å². The minimum Gasteiger partial charge on any atom is -0.387 e. The van der Waals surface area contributed by atoms with Crippen molar-refractivity contribution in [3.63, 3.8) is 0 Å². The SMILES string of the molecule is OC(CCl)c1cccc(C(F)(F)F)c1F. The van der Waals surface area contributed by atoms with Gasteiger partial charge in [0.05, 0.1) is 17.5 Å². The average molecular weight is 243 g/mol. The molecule has 1 rings (SSSR count). The van der Waals surface area contributed by atoms with Gasteiger partial charge in [-0.1, -0.05) is 12.1 Å². The van der Waals surface area contributed by atoms with Gasteiger partial charge in [-0.15, -0.1) is 11.6 Å². The summed E-state index contributed by atoms with van der Waals surface area (Å²) in [4.78, 5) is 0. The standard InChI is InChI=1S/C9H7ClF4O/c10-4-7(15)5-2-1-3-6(8(5)11)9(12,13)14/h1-3,7,15H,4H2. The molecule has 0 amide bonds. The van der Waals surface area contributed by atoms with E-state index in [2.05, 4.69) is 0 Å². The van der Waals surface area contributed by atoms with Crippen molar-refractivity contribution in [3.8, 4) is 0 Å². The van der Waals surface area contributed by atoms with Gasteiger partial charge in [-0.3, -0.25) is 0 Å². The van der Waals surface area contributed by atoms with Crippen molar-refractivity contribution in [2.24, 2.45) is 0 Å². The Kier molecular flexibility index (Phi) is 3.57. The van der Waals surface area contributed by atoms with Crippen LogP contribution < -0.4 is 0 Å². The summed E-state index contributed by atoms with van der Waals surface area (Å²) in [6.45, 7) is 0. The Morgan fingerprint density at radius 2 is 1.93 bits per heavy atom. The Balaban J connectivity index is 3.23. The molecule has 1 aromatic carbocycles. The molecule has 6 heteroatoms. The van der Waals surface area contributed by atoms with Crippen LogP contribution in [0.1, 0.15) is 17.2 Å². The Bertz CT molecular complexity index is 350. The monoisotopic (exact) mass is 242 g/mol. The fraction of sp³-hybridized carbons (Fsp3) is 0.333. The molecule has 1 atom stereocenters. The molecular weight excluding hydrogens is 236 g/mol. The molecule has 1 unspecified atom stereocenters. The fourth-order valence-corrected chi connectivity index (χ4v) is 1.28. The first-order chi connectivity index (χ1) is 6.88. The largest absolute Gasteiger partial charge is 0.419 e. The molecule has 0 heterocycles. The number of alkyl halides is 4. The molecule has 0 radical (unpaired) electrons. The van der Waals surface area contributed by atoms with Crippen molar-refractivity contribution in [3.05, 3.63) is 35.1 Å². The summed E-state index contributed by atoms with van der Waals surface area (Å²) in [5.74, 6) is -1.84. The van der Waals surface area contributed by atoms with Gasteiger partial charge in [-0.25, -0.2) is 4.39 Å². The molecule has 0 aromatic heterocycles. The maximum absolute atomic E-state index is 13.3. The smallest absolute Gasteiger partial charge is 0.387 e. The lowest BCUT2D eigenvalue weighted by atomic mass is 10.1. The van der Waals surface area contributed by atoms with Gasteiger partial charge in [-0.2, -0.15) is 13.2 Å². The van der Waals surface area contributed by atoms with E-state index in [1.807, 2.05) is 0 Å². The molecule has 0 spiro atoms. The Labute approximate surface area is 88.3 Å². The van der Waals surface area contributed by atoms with Crippen molar-refractivity contribution in [1.82, 2.24) is 0 Å². The summed E-state index contributed by atoms with van der Waals surface area (Å²) in [6.07, 6.45) is -6.21. The average Bonchev–Trinajstić information content (AvgIpc) is 2.15. The molecule has 0 aliphatic carbocycles. The number of halogens is 5. The minimum absolute atomic E-state index is 0.363. The minimum atomic E-state index is -4.77. The van der Waals surface area contributed by atoms with Crippen LogP contribution in [-0.2, 0) is 6.18 Å². The predicted molar refractivity (Wildman–Crippen MR) is 47.1 cm³/mol. The van der Waals surface area contributed by atoms with E-state index in [0.717, 1.165) is 12.1 Å². The van der Waals surface area contributed by atoms with E-state index >= 15 is 0 Å². The lowest BCUT2D eigenvalue weighted by Gasteiger charge is -2.13. The van der Waals surface area contributed by atoms with Crippen LogP contribution >= 0.6 is 11.6 Å². The third-order valence-corrected chi connectivity index (χ3v) is 2.13. The van der Waals surface area contributed by atoms with Crippen LogP contribution in [0, 0.1) is 5.82 Å².